The van der Waals surface area contributed by atoms with Gasteiger partial charge in [-0.3, -0.25) is 4.99 Å². The van der Waals surface area contributed by atoms with Crippen molar-refractivity contribution in [2.45, 2.75) is 44.6 Å². The van der Waals surface area contributed by atoms with Crippen LogP contribution >= 0.6 is 0 Å². The maximum Gasteiger partial charge on any atom is 0.194 e. The molecule has 0 bridgehead atoms. The van der Waals surface area contributed by atoms with Crippen LogP contribution in [-0.4, -0.2) is 56.5 Å². The van der Waals surface area contributed by atoms with Crippen LogP contribution in [0.25, 0.3) is 0 Å². The highest BCUT2D eigenvalue weighted by molar-refractivity contribution is 7.91. The molecule has 1 saturated carbocycles. The van der Waals surface area contributed by atoms with Gasteiger partial charge in [-0.25, -0.2) is 8.42 Å². The maximum absolute atomic E-state index is 11.7. The van der Waals surface area contributed by atoms with Crippen molar-refractivity contribution in [3.8, 4) is 0 Å². The van der Waals surface area contributed by atoms with Gasteiger partial charge in [0.15, 0.2) is 15.8 Å². The Morgan fingerprint density at radius 2 is 2.12 bits per heavy atom. The SMILES string of the molecule is Cc1cccc(C2CCN(C(=NCC3CCS(=O)(=O)C3)NC3CC3)C2)c1. The average Bonchev–Trinajstić information content (AvgIpc) is 3.15. The largest absolute Gasteiger partial charge is 0.354 e. The highest BCUT2D eigenvalue weighted by atomic mass is 32.2. The first-order chi connectivity index (χ1) is 12.5. The number of benzene rings is 1. The van der Waals surface area contributed by atoms with Crippen LogP contribution < -0.4 is 5.32 Å². The molecule has 6 heteroatoms. The molecular formula is C20H29N3O2S. The minimum Gasteiger partial charge on any atom is -0.354 e. The van der Waals surface area contributed by atoms with E-state index in [4.69, 9.17) is 4.99 Å². The summed E-state index contributed by atoms with van der Waals surface area (Å²) >= 11 is 0. The molecular weight excluding hydrogens is 346 g/mol. The summed E-state index contributed by atoms with van der Waals surface area (Å²) < 4.78 is 23.4. The number of hydrogen-bond donors (Lipinski definition) is 1. The normalized spacial score (nSPS) is 28.5. The van der Waals surface area contributed by atoms with E-state index in [0.717, 1.165) is 31.9 Å². The topological polar surface area (TPSA) is 61.8 Å². The molecule has 2 heterocycles. The van der Waals surface area contributed by atoms with Crippen molar-refractivity contribution in [2.24, 2.45) is 10.9 Å². The molecule has 0 amide bonds. The van der Waals surface area contributed by atoms with Crippen LogP contribution in [0.15, 0.2) is 29.3 Å². The zero-order valence-corrected chi connectivity index (χ0v) is 16.3. The predicted octanol–water partition coefficient (Wildman–Crippen LogP) is 2.33. The Balaban J connectivity index is 1.42. The van der Waals surface area contributed by atoms with Crippen molar-refractivity contribution in [1.82, 2.24) is 10.2 Å². The fourth-order valence-electron chi connectivity index (χ4n) is 4.03. The second kappa shape index (κ2) is 7.22. The number of nitrogens with one attached hydrogen (secondary N) is 1. The summed E-state index contributed by atoms with van der Waals surface area (Å²) in [5.74, 6) is 2.36. The third-order valence-electron chi connectivity index (χ3n) is 5.74. The summed E-state index contributed by atoms with van der Waals surface area (Å²) in [6.07, 6.45) is 4.33. The highest BCUT2D eigenvalue weighted by Gasteiger charge is 2.31. The summed E-state index contributed by atoms with van der Waals surface area (Å²) in [6, 6.07) is 9.37. The first kappa shape index (κ1) is 17.8. The van der Waals surface area contributed by atoms with Crippen molar-refractivity contribution in [2.75, 3.05) is 31.1 Å². The molecule has 0 spiro atoms. The molecule has 2 unspecified atom stereocenters. The van der Waals surface area contributed by atoms with Gasteiger partial charge < -0.3 is 10.2 Å². The van der Waals surface area contributed by atoms with Crippen molar-refractivity contribution >= 4 is 15.8 Å². The Kier molecular flexibility index (Phi) is 4.95. The molecule has 2 atom stereocenters. The molecule has 1 aromatic rings. The van der Waals surface area contributed by atoms with Crippen LogP contribution in [0.3, 0.4) is 0 Å². The lowest BCUT2D eigenvalue weighted by molar-refractivity contribution is 0.478. The van der Waals surface area contributed by atoms with Gasteiger partial charge in [0.2, 0.25) is 0 Å². The number of hydrogen-bond acceptors (Lipinski definition) is 3. The first-order valence-electron chi connectivity index (χ1n) is 9.81. The third-order valence-corrected chi connectivity index (χ3v) is 7.57. The number of nitrogens with zero attached hydrogens (tertiary/aromatic N) is 2. The Morgan fingerprint density at radius 3 is 2.81 bits per heavy atom. The molecule has 3 aliphatic rings. The fraction of sp³-hybridized carbons (Fsp3) is 0.650. The number of sulfone groups is 1. The molecule has 3 fully saturated rings. The van der Waals surface area contributed by atoms with Crippen molar-refractivity contribution < 1.29 is 8.42 Å². The summed E-state index contributed by atoms with van der Waals surface area (Å²) in [6.45, 7) is 4.78. The molecule has 2 saturated heterocycles. The molecule has 1 N–H and O–H groups in total. The second-order valence-corrected chi connectivity index (χ2v) is 10.4. The molecule has 0 radical (unpaired) electrons. The van der Waals surface area contributed by atoms with Gasteiger partial charge >= 0.3 is 0 Å². The predicted molar refractivity (Wildman–Crippen MR) is 105 cm³/mol. The molecule has 5 nitrogen and oxygen atoms in total. The molecule has 142 valence electrons. The summed E-state index contributed by atoms with van der Waals surface area (Å²) in [5.41, 5.74) is 2.73. The van der Waals surface area contributed by atoms with Crippen LogP contribution in [-0.2, 0) is 9.84 Å². The van der Waals surface area contributed by atoms with Gasteiger partial charge in [0.1, 0.15) is 0 Å². The van der Waals surface area contributed by atoms with Gasteiger partial charge in [-0.1, -0.05) is 29.8 Å². The molecule has 1 aliphatic carbocycles. The Morgan fingerprint density at radius 1 is 1.27 bits per heavy atom. The van der Waals surface area contributed by atoms with Crippen LogP contribution in [0.1, 0.15) is 42.7 Å². The zero-order chi connectivity index (χ0) is 18.1. The van der Waals surface area contributed by atoms with Gasteiger partial charge in [-0.05, 0) is 44.1 Å². The zero-order valence-electron chi connectivity index (χ0n) is 15.5. The lowest BCUT2D eigenvalue weighted by Crippen LogP contribution is -2.41. The Bertz CT molecular complexity index is 786. The summed E-state index contributed by atoms with van der Waals surface area (Å²) in [5, 5.41) is 3.59. The molecule has 0 aromatic heterocycles. The molecule has 1 aromatic carbocycles. The fourth-order valence-corrected chi connectivity index (χ4v) is 5.88. The number of aliphatic imine (C=N–C) groups is 1. The lowest BCUT2D eigenvalue weighted by Gasteiger charge is -2.23. The van der Waals surface area contributed by atoms with Gasteiger partial charge in [0.05, 0.1) is 11.5 Å². The number of likely N-dealkylation sites (tertiary alicyclic amines) is 1. The van der Waals surface area contributed by atoms with Crippen LogP contribution in [0.5, 0.6) is 0 Å². The minimum absolute atomic E-state index is 0.186. The van der Waals surface area contributed by atoms with Crippen molar-refractivity contribution in [1.29, 1.82) is 0 Å². The van der Waals surface area contributed by atoms with E-state index in [1.165, 1.54) is 24.0 Å². The van der Waals surface area contributed by atoms with Crippen molar-refractivity contribution in [3.05, 3.63) is 35.4 Å². The minimum atomic E-state index is -2.83. The maximum atomic E-state index is 11.7. The monoisotopic (exact) mass is 375 g/mol. The van der Waals surface area contributed by atoms with E-state index in [2.05, 4.69) is 41.4 Å². The first-order valence-corrected chi connectivity index (χ1v) is 11.6. The smallest absolute Gasteiger partial charge is 0.194 e. The Labute approximate surface area is 156 Å². The van der Waals surface area contributed by atoms with E-state index in [1.54, 1.807) is 0 Å². The standard InChI is InChI=1S/C20H29N3O2S/c1-15-3-2-4-17(11-15)18-7-9-23(13-18)20(22-19-5-6-19)21-12-16-8-10-26(24,25)14-16/h2-4,11,16,18-19H,5-10,12-14H2,1H3,(H,21,22). The Hall–Kier alpha value is -1.56. The number of aryl methyl sites for hydroxylation is 1. The average molecular weight is 376 g/mol. The van der Waals surface area contributed by atoms with Crippen molar-refractivity contribution in [3.63, 3.8) is 0 Å². The number of guanidine groups is 1. The van der Waals surface area contributed by atoms with Crippen LogP contribution in [0.2, 0.25) is 0 Å². The van der Waals surface area contributed by atoms with E-state index >= 15 is 0 Å². The lowest BCUT2D eigenvalue weighted by atomic mass is 9.97. The van der Waals surface area contributed by atoms with Gasteiger partial charge in [0.25, 0.3) is 0 Å². The van der Waals surface area contributed by atoms with E-state index in [-0.39, 0.29) is 5.92 Å². The van der Waals surface area contributed by atoms with Gasteiger partial charge in [0, 0.05) is 31.6 Å². The molecule has 2 aliphatic heterocycles. The van der Waals surface area contributed by atoms with E-state index in [9.17, 15) is 8.42 Å². The van der Waals surface area contributed by atoms with Crippen LogP contribution in [0, 0.1) is 12.8 Å². The van der Waals surface area contributed by atoms with Gasteiger partial charge in [-0.2, -0.15) is 0 Å². The van der Waals surface area contributed by atoms with E-state index in [0.29, 0.717) is 30.0 Å². The summed E-state index contributed by atoms with van der Waals surface area (Å²) in [7, 11) is -2.83. The second-order valence-electron chi connectivity index (χ2n) is 8.20. The highest BCUT2D eigenvalue weighted by Crippen LogP contribution is 2.29. The van der Waals surface area contributed by atoms with E-state index < -0.39 is 9.84 Å². The molecule has 4 rings (SSSR count). The number of rotatable bonds is 4. The quantitative estimate of drug-likeness (QED) is 0.648. The summed E-state index contributed by atoms with van der Waals surface area (Å²) in [4.78, 5) is 7.22. The van der Waals surface area contributed by atoms with Gasteiger partial charge in [-0.15, -0.1) is 0 Å². The van der Waals surface area contributed by atoms with E-state index in [1.807, 2.05) is 0 Å². The van der Waals surface area contributed by atoms with Crippen LogP contribution in [0.4, 0.5) is 0 Å². The third kappa shape index (κ3) is 4.40. The molecule has 26 heavy (non-hydrogen) atoms.